The number of amides is 2. The number of ether oxygens (including phenoxy) is 2. The number of hydrogen-bond acceptors (Lipinski definition) is 5. The molecule has 2 aromatic carbocycles. The van der Waals surface area contributed by atoms with E-state index < -0.39 is 30.4 Å². The van der Waals surface area contributed by atoms with Crippen molar-refractivity contribution in [3.8, 4) is 11.1 Å². The van der Waals surface area contributed by atoms with Crippen LogP contribution in [-0.2, 0) is 19.1 Å². The fourth-order valence-corrected chi connectivity index (χ4v) is 5.01. The van der Waals surface area contributed by atoms with E-state index in [2.05, 4.69) is 5.32 Å². The zero-order valence-corrected chi connectivity index (χ0v) is 20.1. The van der Waals surface area contributed by atoms with Crippen molar-refractivity contribution in [2.45, 2.75) is 57.3 Å². The molecule has 1 heterocycles. The summed E-state index contributed by atoms with van der Waals surface area (Å²) in [5.41, 5.74) is 4.37. The number of aliphatic carboxylic acids is 1. The minimum Gasteiger partial charge on any atom is -0.481 e. The Bertz CT molecular complexity index is 1040. The lowest BCUT2D eigenvalue weighted by Crippen LogP contribution is -2.53. The van der Waals surface area contributed by atoms with Gasteiger partial charge >= 0.3 is 12.1 Å². The lowest BCUT2D eigenvalue weighted by Gasteiger charge is -2.35. The van der Waals surface area contributed by atoms with Gasteiger partial charge in [0, 0.05) is 19.0 Å². The predicted octanol–water partition coefficient (Wildman–Crippen LogP) is 3.78. The van der Waals surface area contributed by atoms with Crippen molar-refractivity contribution < 1.29 is 29.0 Å². The largest absolute Gasteiger partial charge is 0.481 e. The first-order valence-electron chi connectivity index (χ1n) is 12.1. The van der Waals surface area contributed by atoms with Gasteiger partial charge in [0.15, 0.2) is 0 Å². The molecule has 0 aromatic heterocycles. The molecule has 0 bridgehead atoms. The number of benzene rings is 2. The molecule has 1 fully saturated rings. The maximum atomic E-state index is 13.1. The van der Waals surface area contributed by atoms with Crippen molar-refractivity contribution in [1.82, 2.24) is 10.2 Å². The molecule has 1 aliphatic heterocycles. The maximum absolute atomic E-state index is 13.1. The number of piperidine rings is 1. The molecular weight excluding hydrogens is 448 g/mol. The molecular formula is C27H32N2O6. The molecule has 2 aromatic rings. The molecule has 2 amide bonds. The molecule has 0 spiro atoms. The average molecular weight is 481 g/mol. The van der Waals surface area contributed by atoms with Gasteiger partial charge in [-0.2, -0.15) is 0 Å². The van der Waals surface area contributed by atoms with Gasteiger partial charge in [-0.25, -0.2) is 4.79 Å². The third-order valence-electron chi connectivity index (χ3n) is 6.47. The summed E-state index contributed by atoms with van der Waals surface area (Å²) in [5.74, 6) is -1.73. The SMILES string of the molecule is CC(C)OC1CCCN(C(=O)C(CC(=O)O)NC(=O)OCC2c3ccccc3-c3ccccc32)C1. The summed E-state index contributed by atoms with van der Waals surface area (Å²) in [5, 5.41) is 11.8. The second-order valence-electron chi connectivity index (χ2n) is 9.35. The fourth-order valence-electron chi connectivity index (χ4n) is 5.01. The summed E-state index contributed by atoms with van der Waals surface area (Å²) in [6, 6.07) is 14.8. The number of nitrogens with zero attached hydrogens (tertiary/aromatic N) is 1. The number of likely N-dealkylation sites (tertiary alicyclic amines) is 1. The Hall–Kier alpha value is -3.39. The topological polar surface area (TPSA) is 105 Å². The van der Waals surface area contributed by atoms with Crippen LogP contribution in [0, 0.1) is 0 Å². The number of rotatable bonds is 8. The molecule has 1 saturated heterocycles. The first kappa shape index (κ1) is 24.7. The lowest BCUT2D eigenvalue weighted by molar-refractivity contribution is -0.144. The number of hydrogen-bond donors (Lipinski definition) is 2. The van der Waals surface area contributed by atoms with Crippen molar-refractivity contribution in [2.75, 3.05) is 19.7 Å². The molecule has 0 saturated carbocycles. The predicted molar refractivity (Wildman–Crippen MR) is 130 cm³/mol. The zero-order valence-electron chi connectivity index (χ0n) is 20.1. The van der Waals surface area contributed by atoms with E-state index in [4.69, 9.17) is 9.47 Å². The maximum Gasteiger partial charge on any atom is 0.407 e. The average Bonchev–Trinajstić information content (AvgIpc) is 3.15. The van der Waals surface area contributed by atoms with Gasteiger partial charge < -0.3 is 24.8 Å². The summed E-state index contributed by atoms with van der Waals surface area (Å²) in [6.07, 6.45) is 0.198. The molecule has 35 heavy (non-hydrogen) atoms. The van der Waals surface area contributed by atoms with Crippen LogP contribution in [0.5, 0.6) is 0 Å². The van der Waals surface area contributed by atoms with Gasteiger partial charge in [0.05, 0.1) is 18.6 Å². The van der Waals surface area contributed by atoms with E-state index in [1.807, 2.05) is 62.4 Å². The van der Waals surface area contributed by atoms with E-state index in [0.29, 0.717) is 13.1 Å². The van der Waals surface area contributed by atoms with Gasteiger partial charge in [0.1, 0.15) is 12.6 Å². The Morgan fingerprint density at radius 3 is 2.29 bits per heavy atom. The molecule has 2 N–H and O–H groups in total. The van der Waals surface area contributed by atoms with Crippen LogP contribution in [0.4, 0.5) is 4.79 Å². The van der Waals surface area contributed by atoms with Crippen LogP contribution >= 0.6 is 0 Å². The van der Waals surface area contributed by atoms with E-state index in [1.54, 1.807) is 4.90 Å². The quantitative estimate of drug-likeness (QED) is 0.596. The third-order valence-corrected chi connectivity index (χ3v) is 6.47. The molecule has 1 aliphatic carbocycles. The smallest absolute Gasteiger partial charge is 0.407 e. The third kappa shape index (κ3) is 5.82. The van der Waals surface area contributed by atoms with Gasteiger partial charge in [-0.1, -0.05) is 48.5 Å². The molecule has 8 heteroatoms. The Morgan fingerprint density at radius 1 is 1.06 bits per heavy atom. The van der Waals surface area contributed by atoms with Gasteiger partial charge in [0.25, 0.3) is 0 Å². The molecule has 186 valence electrons. The molecule has 0 radical (unpaired) electrons. The highest BCUT2D eigenvalue weighted by atomic mass is 16.5. The Balaban J connectivity index is 1.40. The van der Waals surface area contributed by atoms with Crippen LogP contribution in [0.15, 0.2) is 48.5 Å². The summed E-state index contributed by atoms with van der Waals surface area (Å²) in [4.78, 5) is 38.8. The number of fused-ring (bicyclic) bond motifs is 3. The second kappa shape index (κ2) is 10.9. The number of carbonyl (C=O) groups is 3. The van der Waals surface area contributed by atoms with Gasteiger partial charge in [-0.05, 0) is 48.9 Å². The zero-order chi connectivity index (χ0) is 24.9. The highest BCUT2D eigenvalue weighted by Crippen LogP contribution is 2.44. The van der Waals surface area contributed by atoms with E-state index in [9.17, 15) is 19.5 Å². The molecule has 8 nitrogen and oxygen atoms in total. The molecule has 4 rings (SSSR count). The number of carboxylic acid groups (broad SMARTS) is 1. The number of alkyl carbamates (subject to hydrolysis) is 1. The van der Waals surface area contributed by atoms with Crippen LogP contribution in [0.3, 0.4) is 0 Å². The minimum atomic E-state index is -1.21. The summed E-state index contributed by atoms with van der Waals surface area (Å²) < 4.78 is 11.4. The number of carbonyl (C=O) groups excluding carboxylic acids is 2. The van der Waals surface area contributed by atoms with Crippen molar-refractivity contribution in [1.29, 1.82) is 0 Å². The fraction of sp³-hybridized carbons (Fsp3) is 0.444. The van der Waals surface area contributed by atoms with Crippen LogP contribution in [0.1, 0.15) is 50.2 Å². The van der Waals surface area contributed by atoms with Crippen LogP contribution in [0.25, 0.3) is 11.1 Å². The lowest BCUT2D eigenvalue weighted by atomic mass is 9.98. The highest BCUT2D eigenvalue weighted by molar-refractivity contribution is 5.89. The summed E-state index contributed by atoms with van der Waals surface area (Å²) in [6.45, 7) is 4.83. The van der Waals surface area contributed by atoms with Crippen LogP contribution < -0.4 is 5.32 Å². The van der Waals surface area contributed by atoms with E-state index in [1.165, 1.54) is 0 Å². The molecule has 2 unspecified atom stereocenters. The Kier molecular flexibility index (Phi) is 7.70. The van der Waals surface area contributed by atoms with Gasteiger partial charge in [0.2, 0.25) is 5.91 Å². The molecule has 2 aliphatic rings. The van der Waals surface area contributed by atoms with E-state index >= 15 is 0 Å². The number of carboxylic acids is 1. The second-order valence-corrected chi connectivity index (χ2v) is 9.35. The van der Waals surface area contributed by atoms with Crippen molar-refractivity contribution >= 4 is 18.0 Å². The summed E-state index contributed by atoms with van der Waals surface area (Å²) >= 11 is 0. The van der Waals surface area contributed by atoms with Crippen molar-refractivity contribution in [2.24, 2.45) is 0 Å². The Labute approximate surface area is 205 Å². The van der Waals surface area contributed by atoms with E-state index in [0.717, 1.165) is 35.1 Å². The van der Waals surface area contributed by atoms with Crippen molar-refractivity contribution in [3.63, 3.8) is 0 Å². The monoisotopic (exact) mass is 480 g/mol. The normalized spacial score (nSPS) is 18.0. The standard InChI is InChI=1S/C27H32N2O6/c1-17(2)35-18-8-7-13-29(15-18)26(32)24(14-25(30)31)28-27(33)34-16-23-21-11-5-3-9-19(21)20-10-4-6-12-22(20)23/h3-6,9-12,17-18,23-24H,7-8,13-16H2,1-2H3,(H,28,33)(H,30,31). The van der Waals surface area contributed by atoms with Crippen LogP contribution in [-0.4, -0.2) is 65.9 Å². The number of nitrogens with one attached hydrogen (secondary N) is 1. The first-order valence-corrected chi connectivity index (χ1v) is 12.1. The van der Waals surface area contributed by atoms with Crippen molar-refractivity contribution in [3.05, 3.63) is 59.7 Å². The van der Waals surface area contributed by atoms with E-state index in [-0.39, 0.29) is 24.7 Å². The minimum absolute atomic E-state index is 0.0313. The highest BCUT2D eigenvalue weighted by Gasteiger charge is 2.33. The van der Waals surface area contributed by atoms with Gasteiger partial charge in [-0.3, -0.25) is 9.59 Å². The molecule has 2 atom stereocenters. The first-order chi connectivity index (χ1) is 16.8. The Morgan fingerprint density at radius 2 is 1.69 bits per heavy atom. The summed E-state index contributed by atoms with van der Waals surface area (Å²) in [7, 11) is 0. The van der Waals surface area contributed by atoms with Crippen LogP contribution in [0.2, 0.25) is 0 Å². The van der Waals surface area contributed by atoms with Gasteiger partial charge in [-0.15, -0.1) is 0 Å².